The maximum absolute atomic E-state index is 13.1. The molecule has 0 bridgehead atoms. The van der Waals surface area contributed by atoms with Gasteiger partial charge in [0.15, 0.2) is 0 Å². The topological polar surface area (TPSA) is 64.6 Å². The molecule has 1 amide bonds. The number of esters is 1. The van der Waals surface area contributed by atoms with Crippen molar-refractivity contribution in [3.05, 3.63) is 12.7 Å². The summed E-state index contributed by atoms with van der Waals surface area (Å²) >= 11 is 2.52. The van der Waals surface area contributed by atoms with Crippen LogP contribution in [0.25, 0.3) is 0 Å². The third kappa shape index (κ3) is 6.78. The molecule has 0 aromatic carbocycles. The average Bonchev–Trinajstić information content (AvgIpc) is 2.42. The molecule has 23 heavy (non-hydrogen) atoms. The molecular weight excluding hydrogens is 342 g/mol. The van der Waals surface area contributed by atoms with E-state index in [4.69, 9.17) is 9.47 Å². The van der Waals surface area contributed by atoms with Crippen molar-refractivity contribution in [2.24, 2.45) is 0 Å². The maximum atomic E-state index is 13.1. The lowest BCUT2D eigenvalue weighted by atomic mass is 10.2. The Kier molecular flexibility index (Phi) is 8.05. The van der Waals surface area contributed by atoms with Crippen LogP contribution >= 0.6 is 12.6 Å². The number of carbonyl (C=O) groups is 2. The molecule has 0 saturated carbocycles. The van der Waals surface area contributed by atoms with E-state index in [1.807, 2.05) is 0 Å². The largest absolute Gasteiger partial charge is 0.420 e. The van der Waals surface area contributed by atoms with Gasteiger partial charge in [-0.1, -0.05) is 26.1 Å². The molecule has 134 valence electrons. The molecule has 0 rings (SSSR count). The minimum Gasteiger partial charge on any atom is -0.420 e. The third-order valence-corrected chi connectivity index (χ3v) is 2.97. The Morgan fingerprint density at radius 3 is 2.30 bits per heavy atom. The summed E-state index contributed by atoms with van der Waals surface area (Å²) in [6, 6.07) is 0. The van der Waals surface area contributed by atoms with E-state index in [1.165, 1.54) is 0 Å². The van der Waals surface area contributed by atoms with Crippen LogP contribution < -0.4 is 5.32 Å². The summed E-state index contributed by atoms with van der Waals surface area (Å²) in [5, 5.41) is -2.19. The van der Waals surface area contributed by atoms with Crippen LogP contribution in [-0.4, -0.2) is 42.0 Å². The number of ether oxygens (including phenoxy) is 2. The summed E-state index contributed by atoms with van der Waals surface area (Å²) in [6.45, 7) is 5.14. The second kappa shape index (κ2) is 8.53. The summed E-state index contributed by atoms with van der Waals surface area (Å²) in [5.74, 6) is -8.65. The first-order valence-electron chi connectivity index (χ1n) is 6.65. The summed E-state index contributed by atoms with van der Waals surface area (Å²) in [7, 11) is 0. The Hall–Kier alpha value is -1.29. The number of hydrogen-bond donors (Lipinski definition) is 2. The fourth-order valence-electron chi connectivity index (χ4n) is 1.30. The van der Waals surface area contributed by atoms with Crippen LogP contribution in [0.2, 0.25) is 0 Å². The van der Waals surface area contributed by atoms with Crippen molar-refractivity contribution in [2.75, 3.05) is 13.2 Å². The molecule has 0 aliphatic carbocycles. The molecular formula is C13H19F4NO4S. The zero-order valence-corrected chi connectivity index (χ0v) is 13.6. The van der Waals surface area contributed by atoms with Crippen molar-refractivity contribution < 1.29 is 36.6 Å². The number of rotatable bonds is 10. The van der Waals surface area contributed by atoms with Gasteiger partial charge in [-0.05, 0) is 6.42 Å². The number of alkyl halides is 4. The minimum atomic E-state index is -4.55. The van der Waals surface area contributed by atoms with Gasteiger partial charge < -0.3 is 14.8 Å². The molecule has 1 N–H and O–H groups in total. The van der Waals surface area contributed by atoms with Gasteiger partial charge in [-0.3, -0.25) is 4.79 Å². The molecule has 0 aromatic rings. The van der Waals surface area contributed by atoms with E-state index in [2.05, 4.69) is 24.5 Å². The van der Waals surface area contributed by atoms with Crippen LogP contribution in [0.3, 0.4) is 0 Å². The van der Waals surface area contributed by atoms with Crippen molar-refractivity contribution >= 4 is 24.5 Å². The third-order valence-electron chi connectivity index (χ3n) is 2.64. The van der Waals surface area contributed by atoms with Crippen LogP contribution in [0.5, 0.6) is 0 Å². The molecule has 0 heterocycles. The van der Waals surface area contributed by atoms with Crippen LogP contribution in [-0.2, 0) is 19.1 Å². The molecule has 0 fully saturated rings. The van der Waals surface area contributed by atoms with Crippen LogP contribution in [0.1, 0.15) is 26.7 Å². The summed E-state index contributed by atoms with van der Waals surface area (Å²) < 4.78 is 60.9. The molecule has 1 unspecified atom stereocenters. The van der Waals surface area contributed by atoms with Gasteiger partial charge in [0.25, 0.3) is 11.7 Å². The molecule has 0 aliphatic heterocycles. The van der Waals surface area contributed by atoms with Gasteiger partial charge in [-0.2, -0.15) is 17.6 Å². The van der Waals surface area contributed by atoms with Gasteiger partial charge in [0, 0.05) is 26.0 Å². The molecule has 10 heteroatoms. The Morgan fingerprint density at radius 1 is 1.30 bits per heavy atom. The van der Waals surface area contributed by atoms with Crippen LogP contribution in [0.15, 0.2) is 12.7 Å². The highest BCUT2D eigenvalue weighted by molar-refractivity contribution is 7.81. The quantitative estimate of drug-likeness (QED) is 0.206. The Morgan fingerprint density at radius 2 is 1.87 bits per heavy atom. The highest BCUT2D eigenvalue weighted by Gasteiger charge is 2.53. The fraction of sp³-hybridized carbons (Fsp3) is 0.692. The molecule has 5 nitrogen and oxygen atoms in total. The molecule has 0 saturated heterocycles. The van der Waals surface area contributed by atoms with E-state index in [1.54, 1.807) is 6.92 Å². The predicted molar refractivity (Wildman–Crippen MR) is 77.4 cm³/mol. The van der Waals surface area contributed by atoms with Gasteiger partial charge in [0.1, 0.15) is 0 Å². The predicted octanol–water partition coefficient (Wildman–Crippen LogP) is 2.52. The lowest BCUT2D eigenvalue weighted by Gasteiger charge is -2.29. The SMILES string of the molecule is C=CC(=O)OC(C)(OCCC(F)(F)C(F)(F)S)C(=O)NCCC. The lowest BCUT2D eigenvalue weighted by Crippen LogP contribution is -2.50. The van der Waals surface area contributed by atoms with Gasteiger partial charge in [0.2, 0.25) is 0 Å². The maximum Gasteiger partial charge on any atom is 0.353 e. The number of amides is 1. The van der Waals surface area contributed by atoms with Crippen molar-refractivity contribution in [1.29, 1.82) is 0 Å². The van der Waals surface area contributed by atoms with Crippen molar-refractivity contribution in [1.82, 2.24) is 5.32 Å². The second-order valence-electron chi connectivity index (χ2n) is 4.67. The van der Waals surface area contributed by atoms with Crippen molar-refractivity contribution in [3.8, 4) is 0 Å². The zero-order valence-electron chi connectivity index (χ0n) is 12.7. The van der Waals surface area contributed by atoms with E-state index >= 15 is 0 Å². The first-order valence-corrected chi connectivity index (χ1v) is 7.10. The minimum absolute atomic E-state index is 0.217. The first-order chi connectivity index (χ1) is 10.4. The molecule has 1 atom stereocenters. The zero-order chi connectivity index (χ0) is 18.3. The average molecular weight is 361 g/mol. The molecule has 0 aromatic heterocycles. The van der Waals surface area contributed by atoms with Crippen molar-refractivity contribution in [2.45, 2.75) is 43.7 Å². The second-order valence-corrected chi connectivity index (χ2v) is 5.23. The van der Waals surface area contributed by atoms with Gasteiger partial charge >= 0.3 is 17.1 Å². The Balaban J connectivity index is 4.93. The number of hydrogen-bond acceptors (Lipinski definition) is 5. The summed E-state index contributed by atoms with van der Waals surface area (Å²) in [4.78, 5) is 23.2. The van der Waals surface area contributed by atoms with Gasteiger partial charge in [0.05, 0.1) is 6.61 Å². The smallest absolute Gasteiger partial charge is 0.353 e. The summed E-state index contributed by atoms with van der Waals surface area (Å²) in [5.41, 5.74) is 0. The fourth-order valence-corrected chi connectivity index (χ4v) is 1.41. The van der Waals surface area contributed by atoms with E-state index in [0.29, 0.717) is 6.42 Å². The number of nitrogens with one attached hydrogen (secondary N) is 1. The number of halogens is 4. The van der Waals surface area contributed by atoms with Gasteiger partial charge in [-0.25, -0.2) is 4.79 Å². The van der Waals surface area contributed by atoms with Gasteiger partial charge in [-0.15, -0.1) is 0 Å². The summed E-state index contributed by atoms with van der Waals surface area (Å²) in [6.07, 6.45) is -0.127. The number of carbonyl (C=O) groups excluding carboxylic acids is 2. The normalized spacial score (nSPS) is 14.7. The highest BCUT2D eigenvalue weighted by atomic mass is 32.1. The van der Waals surface area contributed by atoms with E-state index < -0.39 is 41.9 Å². The monoisotopic (exact) mass is 361 g/mol. The number of thiol groups is 1. The lowest BCUT2D eigenvalue weighted by molar-refractivity contribution is -0.228. The molecule has 0 aliphatic rings. The Labute approximate surface area is 136 Å². The van der Waals surface area contributed by atoms with E-state index in [0.717, 1.165) is 13.0 Å². The highest BCUT2D eigenvalue weighted by Crippen LogP contribution is 2.39. The standard InChI is InChI=1S/C13H19F4NO4S/c1-4-7-18-10(20)11(3,22-9(19)5-2)21-8-6-12(14,15)13(16,17)23/h5,23H,2,4,6-8H2,1,3H3,(H,18,20). The van der Waals surface area contributed by atoms with E-state index in [9.17, 15) is 27.2 Å². The van der Waals surface area contributed by atoms with Crippen LogP contribution in [0, 0.1) is 0 Å². The first kappa shape index (κ1) is 21.7. The van der Waals surface area contributed by atoms with Crippen molar-refractivity contribution in [3.63, 3.8) is 0 Å². The molecule has 0 spiro atoms. The van der Waals surface area contributed by atoms with E-state index in [-0.39, 0.29) is 6.54 Å². The van der Waals surface area contributed by atoms with Crippen LogP contribution in [0.4, 0.5) is 17.6 Å². The molecule has 0 radical (unpaired) electrons. The Bertz CT molecular complexity index is 442.